The maximum absolute atomic E-state index is 13.2. The second-order valence-corrected chi connectivity index (χ2v) is 7.92. The third-order valence-corrected chi connectivity index (χ3v) is 6.20. The summed E-state index contributed by atoms with van der Waals surface area (Å²) in [5, 5.41) is 0.877. The summed E-state index contributed by atoms with van der Waals surface area (Å²) in [5.41, 5.74) is 1.49. The van der Waals surface area contributed by atoms with Gasteiger partial charge in [-0.2, -0.15) is 0 Å². The zero-order valence-electron chi connectivity index (χ0n) is 18.9. The molecular weight excluding hydrogens is 408 g/mol. The van der Waals surface area contributed by atoms with Crippen LogP contribution in [0.3, 0.4) is 0 Å². The Morgan fingerprint density at radius 1 is 1.31 bits per heavy atom. The van der Waals surface area contributed by atoms with Crippen molar-refractivity contribution in [1.82, 2.24) is 19.8 Å². The molecule has 8 nitrogen and oxygen atoms in total. The van der Waals surface area contributed by atoms with Gasteiger partial charge >= 0.3 is 5.97 Å². The van der Waals surface area contributed by atoms with Crippen LogP contribution >= 0.6 is 0 Å². The fraction of sp³-hybridized carbons (Fsp3) is 0.458. The number of hydrogen-bond donors (Lipinski definition) is 1. The molecule has 170 valence electrons. The van der Waals surface area contributed by atoms with E-state index in [2.05, 4.69) is 28.7 Å². The third kappa shape index (κ3) is 4.14. The van der Waals surface area contributed by atoms with Gasteiger partial charge in [-0.05, 0) is 51.1 Å². The average molecular weight is 439 g/mol. The van der Waals surface area contributed by atoms with E-state index in [1.165, 1.54) is 0 Å². The molecule has 8 heteroatoms. The number of aromatic nitrogens is 2. The predicted molar refractivity (Wildman–Crippen MR) is 121 cm³/mol. The molecule has 2 aliphatic heterocycles. The monoisotopic (exact) mass is 438 g/mol. The van der Waals surface area contributed by atoms with Gasteiger partial charge in [0.2, 0.25) is 11.7 Å². The van der Waals surface area contributed by atoms with Crippen molar-refractivity contribution in [2.75, 3.05) is 32.8 Å². The first-order valence-corrected chi connectivity index (χ1v) is 11.3. The van der Waals surface area contributed by atoms with Crippen LogP contribution in [0, 0.1) is 0 Å². The highest BCUT2D eigenvalue weighted by molar-refractivity contribution is 6.26. The van der Waals surface area contributed by atoms with Gasteiger partial charge in [0, 0.05) is 42.5 Å². The number of ketones is 1. The molecule has 0 saturated carbocycles. The Bertz CT molecular complexity index is 1060. The SMILES string of the molecule is CCOC(=O)C1=C(N2CCC(N(CC)CC)CC2)OC(=Cc2c[nH]c3ncccc23)C1=O. The number of nitrogens with one attached hydrogen (secondary N) is 1. The molecule has 0 aromatic carbocycles. The number of nitrogens with zero attached hydrogens (tertiary/aromatic N) is 3. The number of rotatable bonds is 7. The molecule has 0 radical (unpaired) electrons. The largest absolute Gasteiger partial charge is 0.462 e. The summed E-state index contributed by atoms with van der Waals surface area (Å²) in [6, 6.07) is 4.26. The first-order valence-electron chi connectivity index (χ1n) is 11.3. The normalized spacial score (nSPS) is 18.8. The van der Waals surface area contributed by atoms with Crippen molar-refractivity contribution in [3.8, 4) is 0 Å². The van der Waals surface area contributed by atoms with Crippen molar-refractivity contribution in [1.29, 1.82) is 0 Å². The maximum Gasteiger partial charge on any atom is 0.347 e. The van der Waals surface area contributed by atoms with Gasteiger partial charge in [-0.3, -0.25) is 4.79 Å². The van der Waals surface area contributed by atoms with Gasteiger partial charge in [-0.25, -0.2) is 9.78 Å². The summed E-state index contributed by atoms with van der Waals surface area (Å²) >= 11 is 0. The van der Waals surface area contributed by atoms with Gasteiger partial charge in [-0.1, -0.05) is 13.8 Å². The Labute approximate surface area is 187 Å². The van der Waals surface area contributed by atoms with E-state index >= 15 is 0 Å². The molecule has 2 aromatic heterocycles. The molecule has 4 rings (SSSR count). The molecule has 0 aliphatic carbocycles. The van der Waals surface area contributed by atoms with Gasteiger partial charge < -0.3 is 24.3 Å². The van der Waals surface area contributed by atoms with Crippen LogP contribution in [0.5, 0.6) is 0 Å². The average Bonchev–Trinajstić information content (AvgIpc) is 3.37. The lowest BCUT2D eigenvalue weighted by molar-refractivity contribution is -0.139. The number of fused-ring (bicyclic) bond motifs is 1. The highest BCUT2D eigenvalue weighted by atomic mass is 16.5. The van der Waals surface area contributed by atoms with Crippen LogP contribution in [0.1, 0.15) is 39.2 Å². The fourth-order valence-corrected chi connectivity index (χ4v) is 4.53. The minimum absolute atomic E-state index is 0.0163. The van der Waals surface area contributed by atoms with Crippen LogP contribution in [-0.2, 0) is 19.1 Å². The Kier molecular flexibility index (Phi) is 6.60. The Hall–Kier alpha value is -3.13. The second-order valence-electron chi connectivity index (χ2n) is 7.92. The molecule has 2 aliphatic rings. The minimum atomic E-state index is -0.637. The predicted octanol–water partition coefficient (Wildman–Crippen LogP) is 3.08. The van der Waals surface area contributed by atoms with Crippen molar-refractivity contribution in [3.05, 3.63) is 47.3 Å². The Balaban J connectivity index is 1.60. The molecule has 0 spiro atoms. The van der Waals surface area contributed by atoms with Crippen LogP contribution in [-0.4, -0.2) is 70.3 Å². The number of carbonyl (C=O) groups is 2. The Morgan fingerprint density at radius 3 is 2.75 bits per heavy atom. The number of carbonyl (C=O) groups excluding carboxylic acids is 2. The lowest BCUT2D eigenvalue weighted by Crippen LogP contribution is -2.44. The number of likely N-dealkylation sites (tertiary alicyclic amines) is 1. The van der Waals surface area contributed by atoms with Gasteiger partial charge in [-0.15, -0.1) is 0 Å². The Morgan fingerprint density at radius 2 is 2.06 bits per heavy atom. The summed E-state index contributed by atoms with van der Waals surface area (Å²) < 4.78 is 11.2. The summed E-state index contributed by atoms with van der Waals surface area (Å²) in [7, 11) is 0. The molecule has 0 bridgehead atoms. The van der Waals surface area contributed by atoms with E-state index < -0.39 is 11.8 Å². The first kappa shape index (κ1) is 22.1. The minimum Gasteiger partial charge on any atom is -0.462 e. The summed E-state index contributed by atoms with van der Waals surface area (Å²) in [5.74, 6) is -0.640. The van der Waals surface area contributed by atoms with E-state index in [0.29, 0.717) is 11.9 Å². The molecule has 0 amide bonds. The van der Waals surface area contributed by atoms with Crippen LogP contribution in [0.25, 0.3) is 17.1 Å². The lowest BCUT2D eigenvalue weighted by Gasteiger charge is -2.38. The molecule has 1 fully saturated rings. The zero-order chi connectivity index (χ0) is 22.7. The number of ether oxygens (including phenoxy) is 2. The first-order chi connectivity index (χ1) is 15.6. The van der Waals surface area contributed by atoms with Gasteiger partial charge in [0.05, 0.1) is 6.61 Å². The zero-order valence-corrected chi connectivity index (χ0v) is 18.9. The molecule has 2 aromatic rings. The third-order valence-electron chi connectivity index (χ3n) is 6.20. The molecule has 1 N–H and O–H groups in total. The van der Waals surface area contributed by atoms with Gasteiger partial charge in [0.1, 0.15) is 5.65 Å². The molecule has 0 atom stereocenters. The maximum atomic E-state index is 13.2. The standard InChI is InChI=1S/C24H30N4O4/c1-4-27(5-2)17-9-12-28(13-10-17)23-20(24(30)31-6-3)21(29)19(32-23)14-16-15-26-22-18(16)8-7-11-25-22/h7-8,11,14-15,17H,4-6,9-10,12-13H2,1-3H3,(H,25,26). The molecular formula is C24H30N4O4. The number of allylic oxidation sites excluding steroid dienone is 1. The molecule has 32 heavy (non-hydrogen) atoms. The van der Waals surface area contributed by atoms with Crippen molar-refractivity contribution in [2.45, 2.75) is 39.7 Å². The van der Waals surface area contributed by atoms with Crippen molar-refractivity contribution < 1.29 is 19.1 Å². The van der Waals surface area contributed by atoms with Crippen molar-refractivity contribution in [3.63, 3.8) is 0 Å². The van der Waals surface area contributed by atoms with Crippen LogP contribution < -0.4 is 0 Å². The van der Waals surface area contributed by atoms with Crippen LogP contribution in [0.4, 0.5) is 0 Å². The van der Waals surface area contributed by atoms with Crippen molar-refractivity contribution in [2.24, 2.45) is 0 Å². The van der Waals surface area contributed by atoms with Gasteiger partial charge in [0.25, 0.3) is 0 Å². The van der Waals surface area contributed by atoms with Crippen LogP contribution in [0.2, 0.25) is 0 Å². The highest BCUT2D eigenvalue weighted by Crippen LogP contribution is 2.33. The summed E-state index contributed by atoms with van der Waals surface area (Å²) in [6.07, 6.45) is 7.04. The van der Waals surface area contributed by atoms with Gasteiger partial charge in [0.15, 0.2) is 11.3 Å². The van der Waals surface area contributed by atoms with E-state index in [9.17, 15) is 9.59 Å². The van der Waals surface area contributed by atoms with E-state index in [0.717, 1.165) is 55.6 Å². The lowest BCUT2D eigenvalue weighted by atomic mass is 10.0. The highest BCUT2D eigenvalue weighted by Gasteiger charge is 2.40. The van der Waals surface area contributed by atoms with Crippen molar-refractivity contribution >= 4 is 28.9 Å². The number of hydrogen-bond acceptors (Lipinski definition) is 7. The van der Waals surface area contributed by atoms with Crippen LogP contribution in [0.15, 0.2) is 41.7 Å². The van der Waals surface area contributed by atoms with E-state index in [-0.39, 0.29) is 17.9 Å². The smallest absolute Gasteiger partial charge is 0.347 e. The quantitative estimate of drug-likeness (QED) is 0.404. The van der Waals surface area contributed by atoms with E-state index in [4.69, 9.17) is 9.47 Å². The second kappa shape index (κ2) is 9.56. The number of H-pyrrole nitrogens is 1. The topological polar surface area (TPSA) is 87.8 Å². The fourth-order valence-electron chi connectivity index (χ4n) is 4.53. The number of aromatic amines is 1. The number of Topliss-reactive ketones (excluding diaryl/α,β-unsaturated/α-hetero) is 1. The number of piperidine rings is 1. The molecule has 1 saturated heterocycles. The van der Waals surface area contributed by atoms with E-state index in [1.54, 1.807) is 25.4 Å². The molecule has 0 unspecified atom stereocenters. The number of pyridine rings is 1. The number of esters is 1. The van der Waals surface area contributed by atoms with E-state index in [1.807, 2.05) is 17.0 Å². The molecule has 4 heterocycles. The summed E-state index contributed by atoms with van der Waals surface area (Å²) in [6.45, 7) is 9.73. The summed E-state index contributed by atoms with van der Waals surface area (Å²) in [4.78, 5) is 37.7.